The molecule has 0 aliphatic carbocycles. The number of hydrogen-bond donors (Lipinski definition) is 1. The first-order valence-electron chi connectivity index (χ1n) is 9.48. The van der Waals surface area contributed by atoms with Crippen molar-refractivity contribution in [3.63, 3.8) is 0 Å². The number of piperidine rings is 1. The molecule has 27 heavy (non-hydrogen) atoms. The van der Waals surface area contributed by atoms with E-state index in [4.69, 9.17) is 11.6 Å². The molecule has 1 aliphatic heterocycles. The van der Waals surface area contributed by atoms with Gasteiger partial charge in [0.25, 0.3) is 11.8 Å². The number of nitrogens with zero attached hydrogens (tertiary/aromatic N) is 1. The van der Waals surface area contributed by atoms with E-state index < -0.39 is 0 Å². The van der Waals surface area contributed by atoms with Crippen molar-refractivity contribution >= 4 is 29.1 Å². The van der Waals surface area contributed by atoms with Crippen molar-refractivity contribution in [3.05, 3.63) is 64.2 Å². The molecule has 0 bridgehead atoms. The van der Waals surface area contributed by atoms with E-state index in [2.05, 4.69) is 12.2 Å². The quantitative estimate of drug-likeness (QED) is 0.776. The maximum absolute atomic E-state index is 13.0. The van der Waals surface area contributed by atoms with Crippen LogP contribution < -0.4 is 5.32 Å². The second-order valence-corrected chi connectivity index (χ2v) is 7.46. The van der Waals surface area contributed by atoms with Crippen molar-refractivity contribution < 1.29 is 9.59 Å². The third-order valence-electron chi connectivity index (χ3n) is 5.16. The molecule has 3 rings (SSSR count). The van der Waals surface area contributed by atoms with Gasteiger partial charge in [-0.1, -0.05) is 30.7 Å². The molecule has 1 saturated heterocycles. The van der Waals surface area contributed by atoms with Crippen molar-refractivity contribution in [2.75, 3.05) is 11.9 Å². The average molecular weight is 385 g/mol. The molecular formula is C22H25ClN2O2. The molecule has 2 aromatic carbocycles. The van der Waals surface area contributed by atoms with Crippen LogP contribution in [0.5, 0.6) is 0 Å². The predicted molar refractivity (Wildman–Crippen MR) is 110 cm³/mol. The van der Waals surface area contributed by atoms with Crippen LogP contribution in [0, 0.1) is 6.92 Å². The fourth-order valence-corrected chi connectivity index (χ4v) is 3.71. The molecule has 1 aliphatic rings. The van der Waals surface area contributed by atoms with E-state index in [-0.39, 0.29) is 11.8 Å². The number of carbonyl (C=O) groups is 2. The average Bonchev–Trinajstić information content (AvgIpc) is 2.70. The zero-order valence-electron chi connectivity index (χ0n) is 15.8. The van der Waals surface area contributed by atoms with Crippen LogP contribution in [0.25, 0.3) is 0 Å². The van der Waals surface area contributed by atoms with Crippen LogP contribution in [-0.4, -0.2) is 29.3 Å². The van der Waals surface area contributed by atoms with E-state index in [1.54, 1.807) is 30.3 Å². The predicted octanol–water partition coefficient (Wildman–Crippen LogP) is 5.31. The maximum Gasteiger partial charge on any atom is 0.255 e. The van der Waals surface area contributed by atoms with Gasteiger partial charge in [-0.15, -0.1) is 0 Å². The van der Waals surface area contributed by atoms with Gasteiger partial charge in [-0.3, -0.25) is 9.59 Å². The Hall–Kier alpha value is -2.33. The van der Waals surface area contributed by atoms with Gasteiger partial charge in [0.15, 0.2) is 0 Å². The molecule has 0 aromatic heterocycles. The minimum Gasteiger partial charge on any atom is -0.336 e. The van der Waals surface area contributed by atoms with E-state index in [1.165, 1.54) is 6.42 Å². The minimum atomic E-state index is -0.254. The normalized spacial score (nSPS) is 16.9. The van der Waals surface area contributed by atoms with Crippen LogP contribution in [0.4, 0.5) is 5.69 Å². The maximum atomic E-state index is 13.0. The Bertz CT molecular complexity index is 850. The monoisotopic (exact) mass is 384 g/mol. The van der Waals surface area contributed by atoms with Crippen LogP contribution in [0.3, 0.4) is 0 Å². The Kier molecular flexibility index (Phi) is 6.17. The fourth-order valence-electron chi connectivity index (χ4n) is 3.53. The standard InChI is InChI=1S/C22H25ClN2O2/c1-3-19-9-4-5-12-25(19)22(27)17-8-6-7-16(13-17)21(26)24-18-11-10-15(2)20(23)14-18/h6-8,10-11,13-14,19H,3-5,9,12H2,1-2H3,(H,24,26). The summed E-state index contributed by atoms with van der Waals surface area (Å²) in [6, 6.07) is 12.6. The lowest BCUT2D eigenvalue weighted by Crippen LogP contribution is -2.43. The Labute approximate surface area is 165 Å². The first kappa shape index (κ1) is 19.4. The summed E-state index contributed by atoms with van der Waals surface area (Å²) >= 11 is 6.12. The van der Waals surface area contributed by atoms with E-state index in [0.717, 1.165) is 31.4 Å². The highest BCUT2D eigenvalue weighted by Crippen LogP contribution is 2.23. The summed E-state index contributed by atoms with van der Waals surface area (Å²) in [6.07, 6.45) is 4.22. The SMILES string of the molecule is CCC1CCCCN1C(=O)c1cccc(C(=O)Nc2ccc(C)c(Cl)c2)c1. The van der Waals surface area contributed by atoms with Crippen LogP contribution in [0.2, 0.25) is 5.02 Å². The highest BCUT2D eigenvalue weighted by molar-refractivity contribution is 6.31. The summed E-state index contributed by atoms with van der Waals surface area (Å²) < 4.78 is 0. The van der Waals surface area contributed by atoms with E-state index in [9.17, 15) is 9.59 Å². The van der Waals surface area contributed by atoms with Crippen molar-refractivity contribution in [3.8, 4) is 0 Å². The zero-order chi connectivity index (χ0) is 19.4. The van der Waals surface area contributed by atoms with Gasteiger partial charge in [-0.2, -0.15) is 0 Å². The number of benzene rings is 2. The van der Waals surface area contributed by atoms with Crippen LogP contribution in [-0.2, 0) is 0 Å². The number of likely N-dealkylation sites (tertiary alicyclic amines) is 1. The summed E-state index contributed by atoms with van der Waals surface area (Å²) in [4.78, 5) is 27.5. The van der Waals surface area contributed by atoms with Gasteiger partial charge in [0.05, 0.1) is 0 Å². The fraction of sp³-hybridized carbons (Fsp3) is 0.364. The van der Waals surface area contributed by atoms with Gasteiger partial charge in [0, 0.05) is 34.4 Å². The van der Waals surface area contributed by atoms with Gasteiger partial charge < -0.3 is 10.2 Å². The van der Waals surface area contributed by atoms with Crippen molar-refractivity contribution in [2.45, 2.75) is 45.6 Å². The Morgan fingerprint density at radius 3 is 2.67 bits per heavy atom. The summed E-state index contributed by atoms with van der Waals surface area (Å²) in [6.45, 7) is 4.82. The van der Waals surface area contributed by atoms with Gasteiger partial charge in [-0.05, 0) is 68.5 Å². The molecule has 0 saturated carbocycles. The zero-order valence-corrected chi connectivity index (χ0v) is 16.6. The molecule has 0 radical (unpaired) electrons. The molecule has 1 fully saturated rings. The Balaban J connectivity index is 1.77. The first-order chi connectivity index (χ1) is 13.0. The van der Waals surface area contributed by atoms with Crippen molar-refractivity contribution in [2.24, 2.45) is 0 Å². The number of halogens is 1. The Morgan fingerprint density at radius 1 is 1.15 bits per heavy atom. The Morgan fingerprint density at radius 2 is 1.93 bits per heavy atom. The molecule has 1 atom stereocenters. The summed E-state index contributed by atoms with van der Waals surface area (Å²) in [5.41, 5.74) is 2.61. The van der Waals surface area contributed by atoms with E-state index in [0.29, 0.717) is 27.9 Å². The third kappa shape index (κ3) is 4.51. The molecule has 4 nitrogen and oxygen atoms in total. The van der Waals surface area contributed by atoms with Crippen LogP contribution in [0.15, 0.2) is 42.5 Å². The van der Waals surface area contributed by atoms with Crippen LogP contribution >= 0.6 is 11.6 Å². The number of aryl methyl sites for hydroxylation is 1. The molecule has 1 unspecified atom stereocenters. The van der Waals surface area contributed by atoms with Gasteiger partial charge in [0.2, 0.25) is 0 Å². The lowest BCUT2D eigenvalue weighted by Gasteiger charge is -2.35. The second kappa shape index (κ2) is 8.57. The number of rotatable bonds is 4. The number of nitrogens with one attached hydrogen (secondary N) is 1. The molecule has 0 spiro atoms. The lowest BCUT2D eigenvalue weighted by atomic mass is 9.98. The molecule has 2 amide bonds. The molecule has 142 valence electrons. The molecular weight excluding hydrogens is 360 g/mol. The first-order valence-corrected chi connectivity index (χ1v) is 9.86. The smallest absolute Gasteiger partial charge is 0.255 e. The van der Waals surface area contributed by atoms with Crippen LogP contribution in [0.1, 0.15) is 58.9 Å². The highest BCUT2D eigenvalue weighted by atomic mass is 35.5. The van der Waals surface area contributed by atoms with Gasteiger partial charge in [-0.25, -0.2) is 0 Å². The molecule has 2 aromatic rings. The number of carbonyl (C=O) groups excluding carboxylic acids is 2. The largest absolute Gasteiger partial charge is 0.336 e. The van der Waals surface area contributed by atoms with Gasteiger partial charge in [0.1, 0.15) is 0 Å². The highest BCUT2D eigenvalue weighted by Gasteiger charge is 2.26. The summed E-state index contributed by atoms with van der Waals surface area (Å²) in [5, 5.41) is 3.45. The molecule has 5 heteroatoms. The molecule has 1 heterocycles. The van der Waals surface area contributed by atoms with Gasteiger partial charge >= 0.3 is 0 Å². The summed E-state index contributed by atoms with van der Waals surface area (Å²) in [7, 11) is 0. The number of hydrogen-bond acceptors (Lipinski definition) is 2. The topological polar surface area (TPSA) is 49.4 Å². The third-order valence-corrected chi connectivity index (χ3v) is 5.57. The molecule has 1 N–H and O–H groups in total. The lowest BCUT2D eigenvalue weighted by molar-refractivity contribution is 0.0608. The number of anilines is 1. The summed E-state index contributed by atoms with van der Waals surface area (Å²) in [5.74, 6) is -0.246. The van der Waals surface area contributed by atoms with Crippen molar-refractivity contribution in [1.29, 1.82) is 0 Å². The van der Waals surface area contributed by atoms with Crippen molar-refractivity contribution in [1.82, 2.24) is 4.90 Å². The van der Waals surface area contributed by atoms with E-state index >= 15 is 0 Å². The minimum absolute atomic E-state index is 0.00887. The number of amides is 2. The second-order valence-electron chi connectivity index (χ2n) is 7.06. The van der Waals surface area contributed by atoms with E-state index in [1.807, 2.05) is 24.0 Å².